The van der Waals surface area contributed by atoms with Gasteiger partial charge < -0.3 is 15.9 Å². The number of ketones is 1. The normalized spacial score (nSPS) is 10.5. The SMILES string of the molecule is CO/N=C(\C#N)C(=O)C(=O)NCCCCCN. The van der Waals surface area contributed by atoms with E-state index in [4.69, 9.17) is 11.0 Å². The molecule has 3 N–H and O–H groups in total. The van der Waals surface area contributed by atoms with Gasteiger partial charge >= 0.3 is 0 Å². The van der Waals surface area contributed by atoms with Gasteiger partial charge in [-0.3, -0.25) is 9.59 Å². The molecule has 0 radical (unpaired) electrons. The lowest BCUT2D eigenvalue weighted by molar-refractivity contribution is -0.134. The molecular weight excluding hydrogens is 224 g/mol. The quantitative estimate of drug-likeness (QED) is 0.252. The second-order valence-corrected chi connectivity index (χ2v) is 3.17. The van der Waals surface area contributed by atoms with Crippen molar-refractivity contribution in [2.24, 2.45) is 10.9 Å². The number of nitrogens with one attached hydrogen (secondary N) is 1. The van der Waals surface area contributed by atoms with Crippen LogP contribution in [0.3, 0.4) is 0 Å². The number of carbonyl (C=O) groups is 2. The minimum absolute atomic E-state index is 0.371. The molecule has 0 aromatic rings. The minimum atomic E-state index is -0.992. The number of carbonyl (C=O) groups excluding carboxylic acids is 2. The first kappa shape index (κ1) is 15.1. The van der Waals surface area contributed by atoms with Gasteiger partial charge in [0.2, 0.25) is 5.71 Å². The van der Waals surface area contributed by atoms with Crippen molar-refractivity contribution in [1.29, 1.82) is 5.26 Å². The highest BCUT2D eigenvalue weighted by molar-refractivity contribution is 6.67. The Balaban J connectivity index is 4.02. The molecule has 0 saturated heterocycles. The Morgan fingerprint density at radius 2 is 2.12 bits per heavy atom. The van der Waals surface area contributed by atoms with Gasteiger partial charge in [0.15, 0.2) is 0 Å². The Labute approximate surface area is 99.6 Å². The van der Waals surface area contributed by atoms with Crippen LogP contribution in [-0.2, 0) is 14.4 Å². The van der Waals surface area contributed by atoms with Crippen molar-refractivity contribution in [3.63, 3.8) is 0 Å². The number of rotatable bonds is 8. The minimum Gasteiger partial charge on any atom is -0.398 e. The van der Waals surface area contributed by atoms with Crippen LogP contribution in [-0.4, -0.2) is 37.6 Å². The molecule has 1 amide bonds. The van der Waals surface area contributed by atoms with E-state index in [1.165, 1.54) is 13.2 Å². The first-order valence-corrected chi connectivity index (χ1v) is 5.21. The highest BCUT2D eigenvalue weighted by Crippen LogP contribution is 1.91. The van der Waals surface area contributed by atoms with E-state index in [1.54, 1.807) is 0 Å². The van der Waals surface area contributed by atoms with Crippen LogP contribution >= 0.6 is 0 Å². The molecule has 0 spiro atoms. The number of nitrogens with zero attached hydrogens (tertiary/aromatic N) is 2. The molecule has 0 rings (SSSR count). The molecule has 0 heterocycles. The maximum absolute atomic E-state index is 11.3. The van der Waals surface area contributed by atoms with Gasteiger partial charge in [-0.05, 0) is 19.4 Å². The number of Topliss-reactive ketones (excluding diaryl/α,β-unsaturated/α-hetero) is 1. The number of nitrogens with two attached hydrogens (primary N) is 1. The van der Waals surface area contributed by atoms with Crippen LogP contribution < -0.4 is 11.1 Å². The second kappa shape index (κ2) is 9.30. The highest BCUT2D eigenvalue weighted by atomic mass is 16.6. The van der Waals surface area contributed by atoms with E-state index < -0.39 is 17.4 Å². The van der Waals surface area contributed by atoms with Crippen molar-refractivity contribution in [2.75, 3.05) is 20.2 Å². The number of oxime groups is 1. The number of hydrogen-bond acceptors (Lipinski definition) is 6. The lowest BCUT2D eigenvalue weighted by atomic mass is 10.2. The molecule has 0 aliphatic rings. The molecule has 0 atom stereocenters. The topological polar surface area (TPSA) is 118 Å². The predicted molar refractivity (Wildman–Crippen MR) is 61.0 cm³/mol. The Morgan fingerprint density at radius 1 is 1.41 bits per heavy atom. The molecule has 7 heteroatoms. The summed E-state index contributed by atoms with van der Waals surface area (Å²) in [4.78, 5) is 26.9. The predicted octanol–water partition coefficient (Wildman–Crippen LogP) is -0.673. The zero-order valence-electron chi connectivity index (χ0n) is 9.73. The van der Waals surface area contributed by atoms with E-state index in [-0.39, 0.29) is 0 Å². The molecule has 7 nitrogen and oxygen atoms in total. The third-order valence-corrected chi connectivity index (χ3v) is 1.88. The van der Waals surface area contributed by atoms with Crippen LogP contribution in [0.1, 0.15) is 19.3 Å². The Bertz CT molecular complexity index is 333. The van der Waals surface area contributed by atoms with Gasteiger partial charge in [-0.1, -0.05) is 11.6 Å². The maximum Gasteiger partial charge on any atom is 0.295 e. The van der Waals surface area contributed by atoms with Crippen molar-refractivity contribution in [1.82, 2.24) is 5.32 Å². The van der Waals surface area contributed by atoms with Gasteiger partial charge in [0.25, 0.3) is 11.7 Å². The summed E-state index contributed by atoms with van der Waals surface area (Å²) in [5.41, 5.74) is 4.74. The average Bonchev–Trinajstić information content (AvgIpc) is 2.34. The summed E-state index contributed by atoms with van der Waals surface area (Å²) in [6.07, 6.45) is 2.49. The number of amides is 1. The highest BCUT2D eigenvalue weighted by Gasteiger charge is 2.20. The largest absolute Gasteiger partial charge is 0.398 e. The summed E-state index contributed by atoms with van der Waals surface area (Å²) >= 11 is 0. The Hall–Kier alpha value is -1.94. The Kier molecular flexibility index (Phi) is 8.24. The fourth-order valence-electron chi connectivity index (χ4n) is 1.04. The van der Waals surface area contributed by atoms with E-state index >= 15 is 0 Å². The van der Waals surface area contributed by atoms with Crippen molar-refractivity contribution >= 4 is 17.4 Å². The third kappa shape index (κ3) is 6.27. The molecule has 94 valence electrons. The molecule has 0 saturated carbocycles. The Morgan fingerprint density at radius 3 is 2.65 bits per heavy atom. The van der Waals surface area contributed by atoms with Gasteiger partial charge in [-0.2, -0.15) is 5.26 Å². The standard InChI is InChI=1S/C10H16N4O3/c1-17-14-8(7-12)9(15)10(16)13-6-4-2-3-5-11/h2-6,11H2,1H3,(H,13,16)/b14-8+. The summed E-state index contributed by atoms with van der Waals surface area (Å²) in [5, 5.41) is 14.1. The zero-order valence-corrected chi connectivity index (χ0v) is 9.73. The molecule has 0 aromatic carbocycles. The van der Waals surface area contributed by atoms with Crippen LogP contribution in [0.5, 0.6) is 0 Å². The summed E-state index contributed by atoms with van der Waals surface area (Å²) in [7, 11) is 1.19. The van der Waals surface area contributed by atoms with Gasteiger partial charge in [-0.15, -0.1) is 0 Å². The van der Waals surface area contributed by atoms with Crippen LogP contribution in [0.2, 0.25) is 0 Å². The molecule has 0 aliphatic carbocycles. The van der Waals surface area contributed by atoms with Crippen LogP contribution in [0.15, 0.2) is 5.16 Å². The van der Waals surface area contributed by atoms with Crippen molar-refractivity contribution in [3.05, 3.63) is 0 Å². The molecule has 0 aliphatic heterocycles. The van der Waals surface area contributed by atoms with Gasteiger partial charge in [-0.25, -0.2) is 0 Å². The molecule has 17 heavy (non-hydrogen) atoms. The maximum atomic E-state index is 11.3. The number of hydrogen-bond donors (Lipinski definition) is 2. The lowest BCUT2D eigenvalue weighted by Gasteiger charge is -2.02. The van der Waals surface area contributed by atoms with Crippen molar-refractivity contribution < 1.29 is 14.4 Å². The molecule has 0 unspecified atom stereocenters. The van der Waals surface area contributed by atoms with Gasteiger partial charge in [0.05, 0.1) is 0 Å². The van der Waals surface area contributed by atoms with Crippen molar-refractivity contribution in [2.45, 2.75) is 19.3 Å². The first-order chi connectivity index (χ1) is 8.17. The monoisotopic (exact) mass is 240 g/mol. The number of unbranched alkanes of at least 4 members (excludes halogenated alkanes) is 2. The van der Waals surface area contributed by atoms with Gasteiger partial charge in [0, 0.05) is 6.54 Å². The van der Waals surface area contributed by atoms with Crippen molar-refractivity contribution in [3.8, 4) is 6.07 Å². The van der Waals surface area contributed by atoms with E-state index in [0.29, 0.717) is 13.1 Å². The van der Waals surface area contributed by atoms with Crippen LogP contribution in [0, 0.1) is 11.3 Å². The van der Waals surface area contributed by atoms with Crippen LogP contribution in [0.25, 0.3) is 0 Å². The second-order valence-electron chi connectivity index (χ2n) is 3.17. The van der Waals surface area contributed by atoms with E-state index in [9.17, 15) is 9.59 Å². The summed E-state index contributed by atoms with van der Waals surface area (Å²) < 4.78 is 0. The molecule has 0 bridgehead atoms. The van der Waals surface area contributed by atoms with E-state index in [2.05, 4.69) is 15.3 Å². The summed E-state index contributed by atoms with van der Waals surface area (Å²) in [5.74, 6) is -1.84. The number of nitriles is 1. The molecular formula is C10H16N4O3. The fraction of sp³-hybridized carbons (Fsp3) is 0.600. The van der Waals surface area contributed by atoms with E-state index in [1.807, 2.05) is 0 Å². The van der Waals surface area contributed by atoms with E-state index in [0.717, 1.165) is 19.3 Å². The first-order valence-electron chi connectivity index (χ1n) is 5.21. The third-order valence-electron chi connectivity index (χ3n) is 1.88. The lowest BCUT2D eigenvalue weighted by Crippen LogP contribution is -2.36. The summed E-state index contributed by atoms with van der Waals surface area (Å²) in [6.45, 7) is 0.974. The average molecular weight is 240 g/mol. The van der Waals surface area contributed by atoms with Crippen LogP contribution in [0.4, 0.5) is 0 Å². The van der Waals surface area contributed by atoms with Gasteiger partial charge in [0.1, 0.15) is 13.2 Å². The summed E-state index contributed by atoms with van der Waals surface area (Å²) in [6, 6.07) is 1.49. The molecule has 0 fully saturated rings. The smallest absolute Gasteiger partial charge is 0.295 e. The zero-order chi connectivity index (χ0) is 13.1. The molecule has 0 aromatic heterocycles. The fourth-order valence-corrected chi connectivity index (χ4v) is 1.04.